The summed E-state index contributed by atoms with van der Waals surface area (Å²) in [6.45, 7) is 2.55. The van der Waals surface area contributed by atoms with Crippen LogP contribution in [-0.4, -0.2) is 53.0 Å². The summed E-state index contributed by atoms with van der Waals surface area (Å²) in [6, 6.07) is 13.6. The Hall–Kier alpha value is -3.36. The van der Waals surface area contributed by atoms with Gasteiger partial charge in [-0.2, -0.15) is 0 Å². The topological polar surface area (TPSA) is 97.0 Å². The Balaban J connectivity index is 1.34. The Bertz CT molecular complexity index is 1340. The van der Waals surface area contributed by atoms with Gasteiger partial charge in [0.05, 0.1) is 31.1 Å². The zero-order chi connectivity index (χ0) is 27.9. The minimum absolute atomic E-state index is 0.0638. The monoisotopic (exact) mass is 563 g/mol. The van der Waals surface area contributed by atoms with Crippen LogP contribution >= 0.6 is 11.6 Å². The number of nitrogens with zero attached hydrogens (tertiary/aromatic N) is 1. The van der Waals surface area contributed by atoms with E-state index >= 15 is 0 Å². The van der Waals surface area contributed by atoms with Crippen molar-refractivity contribution in [1.29, 1.82) is 0 Å². The molecule has 2 N–H and O–H groups in total. The number of fused-ring (bicyclic) bond motifs is 1. The molecule has 5 atom stereocenters. The number of ether oxygens (including phenoxy) is 2. The Morgan fingerprint density at radius 2 is 1.90 bits per heavy atom. The van der Waals surface area contributed by atoms with Crippen LogP contribution in [0.25, 0.3) is 0 Å². The van der Waals surface area contributed by atoms with Gasteiger partial charge in [-0.25, -0.2) is 0 Å². The largest absolute Gasteiger partial charge is 0.494 e. The Morgan fingerprint density at radius 3 is 2.67 bits per heavy atom. The summed E-state index contributed by atoms with van der Waals surface area (Å²) in [5, 5.41) is 6.63. The molecule has 210 valence electrons. The summed E-state index contributed by atoms with van der Waals surface area (Å²) in [7, 11) is 0. The molecular weight excluding hydrogens is 530 g/mol. The van der Waals surface area contributed by atoms with Crippen molar-refractivity contribution in [3.05, 3.63) is 71.3 Å². The van der Waals surface area contributed by atoms with Gasteiger partial charge in [-0.1, -0.05) is 67.3 Å². The van der Waals surface area contributed by atoms with Gasteiger partial charge in [-0.15, -0.1) is 0 Å². The van der Waals surface area contributed by atoms with E-state index in [9.17, 15) is 14.4 Å². The number of carbonyl (C=O) groups is 3. The SMILES string of the molecule is CCOc1ccccc1CN1C(=O)C2C(C(=O)Nc3cccc(Cl)c3)C3C=CC2(O3)C1C(=O)NC1CCCCC1. The lowest BCUT2D eigenvalue weighted by Crippen LogP contribution is -2.56. The number of likely N-dealkylation sites (tertiary alicyclic amines) is 1. The lowest BCUT2D eigenvalue weighted by molar-refractivity contribution is -0.142. The van der Waals surface area contributed by atoms with E-state index in [1.165, 1.54) is 0 Å². The lowest BCUT2D eigenvalue weighted by atomic mass is 9.74. The molecule has 2 saturated heterocycles. The van der Waals surface area contributed by atoms with Crippen molar-refractivity contribution in [1.82, 2.24) is 10.2 Å². The van der Waals surface area contributed by atoms with E-state index in [1.54, 1.807) is 29.2 Å². The minimum Gasteiger partial charge on any atom is -0.494 e. The number of nitrogens with one attached hydrogen (secondary N) is 2. The molecule has 1 aliphatic carbocycles. The maximum absolute atomic E-state index is 14.3. The smallest absolute Gasteiger partial charge is 0.246 e. The third kappa shape index (κ3) is 4.67. The van der Waals surface area contributed by atoms with Crippen molar-refractivity contribution in [3.8, 4) is 5.75 Å². The van der Waals surface area contributed by atoms with Crippen LogP contribution in [0.2, 0.25) is 5.02 Å². The molecule has 4 aliphatic rings. The van der Waals surface area contributed by atoms with Crippen LogP contribution in [0.15, 0.2) is 60.7 Å². The van der Waals surface area contributed by atoms with E-state index in [0.717, 1.165) is 37.7 Å². The zero-order valence-corrected chi connectivity index (χ0v) is 23.2. The number of rotatable bonds is 8. The summed E-state index contributed by atoms with van der Waals surface area (Å²) in [4.78, 5) is 43.5. The normalized spacial score (nSPS) is 28.9. The zero-order valence-electron chi connectivity index (χ0n) is 22.5. The Kier molecular flexibility index (Phi) is 7.31. The molecule has 3 amide bonds. The van der Waals surface area contributed by atoms with Gasteiger partial charge in [0.2, 0.25) is 17.7 Å². The van der Waals surface area contributed by atoms with Crippen molar-refractivity contribution in [2.75, 3.05) is 11.9 Å². The molecule has 1 saturated carbocycles. The van der Waals surface area contributed by atoms with Crippen molar-refractivity contribution >= 4 is 35.0 Å². The number of hydrogen-bond acceptors (Lipinski definition) is 5. The predicted octanol–water partition coefficient (Wildman–Crippen LogP) is 4.48. The molecule has 9 heteroatoms. The fraction of sp³-hybridized carbons (Fsp3) is 0.452. The summed E-state index contributed by atoms with van der Waals surface area (Å²) in [5.74, 6) is -1.79. The van der Waals surface area contributed by atoms with Crippen LogP contribution in [0, 0.1) is 11.8 Å². The molecule has 40 heavy (non-hydrogen) atoms. The van der Waals surface area contributed by atoms with Gasteiger partial charge in [0.1, 0.15) is 17.4 Å². The average Bonchev–Trinajstić information content (AvgIpc) is 3.58. The van der Waals surface area contributed by atoms with Crippen molar-refractivity contribution in [2.45, 2.75) is 69.4 Å². The molecule has 0 aromatic heterocycles. The first-order chi connectivity index (χ1) is 19.4. The summed E-state index contributed by atoms with van der Waals surface area (Å²) >= 11 is 6.12. The summed E-state index contributed by atoms with van der Waals surface area (Å²) < 4.78 is 12.3. The van der Waals surface area contributed by atoms with Crippen molar-refractivity contribution < 1.29 is 23.9 Å². The molecule has 8 nitrogen and oxygen atoms in total. The fourth-order valence-corrected chi connectivity index (χ4v) is 7.06. The number of benzene rings is 2. The van der Waals surface area contributed by atoms with E-state index in [2.05, 4.69) is 10.6 Å². The van der Waals surface area contributed by atoms with E-state index in [-0.39, 0.29) is 30.3 Å². The molecule has 3 fully saturated rings. The van der Waals surface area contributed by atoms with Gasteiger partial charge < -0.3 is 25.0 Å². The maximum atomic E-state index is 14.3. The lowest BCUT2D eigenvalue weighted by Gasteiger charge is -2.34. The van der Waals surface area contributed by atoms with Crippen LogP contribution in [0.1, 0.15) is 44.6 Å². The van der Waals surface area contributed by atoms with Crippen molar-refractivity contribution in [2.24, 2.45) is 11.8 Å². The van der Waals surface area contributed by atoms with E-state index in [4.69, 9.17) is 21.1 Å². The second-order valence-corrected chi connectivity index (χ2v) is 11.5. The molecule has 1 spiro atoms. The van der Waals surface area contributed by atoms with Crippen molar-refractivity contribution in [3.63, 3.8) is 0 Å². The molecular formula is C31H34ClN3O5. The van der Waals surface area contributed by atoms with Gasteiger partial charge in [-0.3, -0.25) is 14.4 Å². The standard InChI is InChI=1S/C31H34ClN3O5/c1-2-39-23-14-7-6-9-19(23)18-35-27(29(37)33-21-11-4-3-5-12-21)31-16-15-24(40-31)25(26(31)30(35)38)28(36)34-22-13-8-10-20(32)17-22/h6-10,13-17,21,24-27H,2-5,11-12,18H2,1H3,(H,33,37)(H,34,36). The van der Waals surface area contributed by atoms with Crippen LogP contribution in [0.3, 0.4) is 0 Å². The number of anilines is 1. The first kappa shape index (κ1) is 26.8. The Labute approximate surface area is 239 Å². The summed E-state index contributed by atoms with van der Waals surface area (Å²) in [5.41, 5.74) is 0.109. The number of halogens is 1. The molecule has 2 aromatic rings. The molecule has 0 radical (unpaired) electrons. The second-order valence-electron chi connectivity index (χ2n) is 11.1. The van der Waals surface area contributed by atoms with Crippen LogP contribution in [0.5, 0.6) is 5.75 Å². The predicted molar refractivity (Wildman–Crippen MR) is 151 cm³/mol. The van der Waals surface area contributed by atoms with Crippen LogP contribution < -0.4 is 15.4 Å². The highest BCUT2D eigenvalue weighted by atomic mass is 35.5. The van der Waals surface area contributed by atoms with Crippen LogP contribution in [-0.2, 0) is 25.7 Å². The van der Waals surface area contributed by atoms with E-state index in [0.29, 0.717) is 23.1 Å². The number of amides is 3. The fourth-order valence-electron chi connectivity index (χ4n) is 6.87. The first-order valence-electron chi connectivity index (χ1n) is 14.2. The quantitative estimate of drug-likeness (QED) is 0.462. The molecule has 3 aliphatic heterocycles. The minimum atomic E-state index is -1.22. The highest BCUT2D eigenvalue weighted by molar-refractivity contribution is 6.30. The highest BCUT2D eigenvalue weighted by Crippen LogP contribution is 2.55. The molecule has 2 aromatic carbocycles. The number of para-hydroxylation sites is 1. The van der Waals surface area contributed by atoms with Gasteiger partial charge in [0, 0.05) is 22.3 Å². The second kappa shape index (κ2) is 10.9. The van der Waals surface area contributed by atoms with Gasteiger partial charge >= 0.3 is 0 Å². The third-order valence-electron chi connectivity index (χ3n) is 8.58. The van der Waals surface area contributed by atoms with Gasteiger partial charge in [-0.05, 0) is 44.0 Å². The van der Waals surface area contributed by atoms with E-state index in [1.807, 2.05) is 43.3 Å². The average molecular weight is 564 g/mol. The van der Waals surface area contributed by atoms with Gasteiger partial charge in [0.25, 0.3) is 0 Å². The van der Waals surface area contributed by atoms with E-state index < -0.39 is 29.6 Å². The maximum Gasteiger partial charge on any atom is 0.246 e. The third-order valence-corrected chi connectivity index (χ3v) is 8.82. The molecule has 2 bridgehead atoms. The highest BCUT2D eigenvalue weighted by Gasteiger charge is 2.72. The molecule has 3 heterocycles. The molecule has 5 unspecified atom stereocenters. The number of hydrogen-bond donors (Lipinski definition) is 2. The first-order valence-corrected chi connectivity index (χ1v) is 14.5. The number of carbonyl (C=O) groups excluding carboxylic acids is 3. The summed E-state index contributed by atoms with van der Waals surface area (Å²) in [6.07, 6.45) is 8.19. The Morgan fingerprint density at radius 1 is 1.10 bits per heavy atom. The van der Waals surface area contributed by atoms with Crippen LogP contribution in [0.4, 0.5) is 5.69 Å². The van der Waals surface area contributed by atoms with Gasteiger partial charge in [0.15, 0.2) is 0 Å². The molecule has 6 rings (SSSR count).